The van der Waals surface area contributed by atoms with E-state index in [1.165, 1.54) is 36.4 Å². The number of halogens is 1. The molecule has 0 aliphatic rings. The highest BCUT2D eigenvalue weighted by Crippen LogP contribution is 2.22. The van der Waals surface area contributed by atoms with E-state index >= 15 is 0 Å². The number of non-ortho nitro benzene ring substituents is 1. The van der Waals surface area contributed by atoms with E-state index in [-0.39, 0.29) is 29.5 Å². The molecule has 0 unspecified atom stereocenters. The molecule has 10 nitrogen and oxygen atoms in total. The van der Waals surface area contributed by atoms with Crippen LogP contribution in [0.1, 0.15) is 28.7 Å². The minimum Gasteiger partial charge on any atom is -0.345 e. The third-order valence-corrected chi connectivity index (χ3v) is 5.63. The highest BCUT2D eigenvalue weighted by Gasteiger charge is 2.16. The van der Waals surface area contributed by atoms with Crippen molar-refractivity contribution in [3.05, 3.63) is 75.3 Å². The molecule has 1 heterocycles. The zero-order chi connectivity index (χ0) is 24.0. The summed E-state index contributed by atoms with van der Waals surface area (Å²) in [6.07, 6.45) is 0. The molecule has 0 bridgehead atoms. The van der Waals surface area contributed by atoms with Crippen molar-refractivity contribution in [2.45, 2.75) is 32.1 Å². The van der Waals surface area contributed by atoms with Gasteiger partial charge in [-0.25, -0.2) is 4.39 Å². The lowest BCUT2D eigenvalue weighted by Crippen LogP contribution is -2.25. The fraction of sp³-hybridized carbons (Fsp3) is 0.238. The number of aryl methyl sites for hydroxylation is 1. The number of nitrogens with one attached hydrogen (secondary N) is 2. The van der Waals surface area contributed by atoms with Crippen LogP contribution in [0.5, 0.6) is 0 Å². The molecule has 33 heavy (non-hydrogen) atoms. The lowest BCUT2D eigenvalue weighted by molar-refractivity contribution is -0.384. The lowest BCUT2D eigenvalue weighted by Gasteiger charge is -2.10. The predicted molar refractivity (Wildman–Crippen MR) is 120 cm³/mol. The number of hydrogen-bond donors (Lipinski definition) is 2. The molecule has 3 aromatic rings. The molecule has 3 rings (SSSR count). The first-order valence-corrected chi connectivity index (χ1v) is 10.9. The van der Waals surface area contributed by atoms with Crippen molar-refractivity contribution in [3.63, 3.8) is 0 Å². The Labute approximate surface area is 192 Å². The Hall–Kier alpha value is -3.80. The second kappa shape index (κ2) is 10.7. The molecule has 0 saturated heterocycles. The number of rotatable bonds is 9. The predicted octanol–water partition coefficient (Wildman–Crippen LogP) is 3.31. The number of hydrogen-bond acceptors (Lipinski definition) is 7. The number of aromatic nitrogens is 3. The molecule has 0 aliphatic carbocycles. The van der Waals surface area contributed by atoms with Gasteiger partial charge >= 0.3 is 0 Å². The van der Waals surface area contributed by atoms with E-state index < -0.39 is 16.6 Å². The van der Waals surface area contributed by atoms with Gasteiger partial charge in [0.05, 0.1) is 22.8 Å². The van der Waals surface area contributed by atoms with Gasteiger partial charge in [0, 0.05) is 24.4 Å². The fourth-order valence-electron chi connectivity index (χ4n) is 2.99. The third-order valence-electron chi connectivity index (χ3n) is 4.66. The Morgan fingerprint density at radius 1 is 1.21 bits per heavy atom. The number of nitrogens with zero attached hydrogens (tertiary/aromatic N) is 4. The van der Waals surface area contributed by atoms with Crippen LogP contribution in [0.3, 0.4) is 0 Å². The number of carbonyl (C=O) groups is 2. The largest absolute Gasteiger partial charge is 0.345 e. The molecule has 2 N–H and O–H groups in total. The summed E-state index contributed by atoms with van der Waals surface area (Å²) in [5, 5.41) is 24.8. The number of carbonyl (C=O) groups excluding carboxylic acids is 2. The summed E-state index contributed by atoms with van der Waals surface area (Å²) in [5.41, 5.74) is 0.949. The number of amides is 2. The van der Waals surface area contributed by atoms with Crippen LogP contribution < -0.4 is 10.6 Å². The van der Waals surface area contributed by atoms with Crippen LogP contribution in [0.4, 0.5) is 15.8 Å². The van der Waals surface area contributed by atoms with E-state index in [1.807, 2.05) is 6.92 Å². The third kappa shape index (κ3) is 5.92. The first-order valence-electron chi connectivity index (χ1n) is 9.92. The SMILES string of the molecule is CCn1c(CNC(=O)c2ccccc2F)nnc1SCC(=O)Nc1ccc([N+](=O)[O-])cc1C. The molecule has 172 valence electrons. The number of benzene rings is 2. The van der Waals surface area contributed by atoms with Gasteiger partial charge in [-0.3, -0.25) is 19.7 Å². The molecule has 2 amide bonds. The van der Waals surface area contributed by atoms with Gasteiger partial charge in [-0.15, -0.1) is 10.2 Å². The fourth-order valence-corrected chi connectivity index (χ4v) is 3.81. The lowest BCUT2D eigenvalue weighted by atomic mass is 10.2. The second-order valence-electron chi connectivity index (χ2n) is 6.90. The summed E-state index contributed by atoms with van der Waals surface area (Å²) in [6, 6.07) is 9.88. The number of anilines is 1. The zero-order valence-corrected chi connectivity index (χ0v) is 18.7. The van der Waals surface area contributed by atoms with Gasteiger partial charge in [-0.1, -0.05) is 23.9 Å². The molecule has 0 fully saturated rings. The Morgan fingerprint density at radius 2 is 1.97 bits per heavy atom. The highest BCUT2D eigenvalue weighted by atomic mass is 32.2. The molecule has 0 saturated carbocycles. The summed E-state index contributed by atoms with van der Waals surface area (Å²) < 4.78 is 15.5. The average molecular weight is 473 g/mol. The monoisotopic (exact) mass is 472 g/mol. The van der Waals surface area contributed by atoms with Crippen molar-refractivity contribution in [2.75, 3.05) is 11.1 Å². The summed E-state index contributed by atoms with van der Waals surface area (Å²) >= 11 is 1.16. The Bertz CT molecular complexity index is 1200. The first kappa shape index (κ1) is 23.9. The summed E-state index contributed by atoms with van der Waals surface area (Å²) in [6.45, 7) is 4.09. The molecule has 0 spiro atoms. The molecule has 0 atom stereocenters. The standard InChI is InChI=1S/C21H21FN6O4S/c1-3-27-18(11-23-20(30)15-6-4-5-7-16(15)22)25-26-21(27)33-12-19(29)24-17-9-8-14(28(31)32)10-13(17)2/h4-10H,3,11-12H2,1-2H3,(H,23,30)(H,24,29). The van der Waals surface area contributed by atoms with Crippen molar-refractivity contribution >= 4 is 35.0 Å². The molecule has 1 aromatic heterocycles. The van der Waals surface area contributed by atoms with Crippen molar-refractivity contribution in [1.82, 2.24) is 20.1 Å². The summed E-state index contributed by atoms with van der Waals surface area (Å²) in [4.78, 5) is 34.9. The number of nitro benzene ring substituents is 1. The van der Waals surface area contributed by atoms with E-state index in [4.69, 9.17) is 0 Å². The van der Waals surface area contributed by atoms with Crippen LogP contribution in [0.15, 0.2) is 47.6 Å². The quantitative estimate of drug-likeness (QED) is 0.277. The maximum absolute atomic E-state index is 13.8. The molecule has 0 aliphatic heterocycles. The topological polar surface area (TPSA) is 132 Å². The van der Waals surface area contributed by atoms with Gasteiger partial charge < -0.3 is 15.2 Å². The smallest absolute Gasteiger partial charge is 0.269 e. The van der Waals surface area contributed by atoms with Crippen LogP contribution in [-0.2, 0) is 17.9 Å². The second-order valence-corrected chi connectivity index (χ2v) is 7.84. The van der Waals surface area contributed by atoms with E-state index in [2.05, 4.69) is 20.8 Å². The highest BCUT2D eigenvalue weighted by molar-refractivity contribution is 7.99. The van der Waals surface area contributed by atoms with E-state index in [0.717, 1.165) is 11.8 Å². The molecular weight excluding hydrogens is 451 g/mol. The van der Waals surface area contributed by atoms with Gasteiger partial charge in [0.15, 0.2) is 11.0 Å². The Balaban J connectivity index is 1.58. The van der Waals surface area contributed by atoms with Crippen LogP contribution in [0, 0.1) is 22.9 Å². The van der Waals surface area contributed by atoms with Gasteiger partial charge in [-0.05, 0) is 37.6 Å². The van der Waals surface area contributed by atoms with E-state index in [1.54, 1.807) is 17.6 Å². The van der Waals surface area contributed by atoms with Crippen molar-refractivity contribution < 1.29 is 18.9 Å². The van der Waals surface area contributed by atoms with Gasteiger partial charge in [0.25, 0.3) is 11.6 Å². The molecule has 12 heteroatoms. The molecule has 2 aromatic carbocycles. The van der Waals surface area contributed by atoms with Crippen LogP contribution in [0.2, 0.25) is 0 Å². The van der Waals surface area contributed by atoms with Crippen molar-refractivity contribution in [1.29, 1.82) is 0 Å². The van der Waals surface area contributed by atoms with Gasteiger partial charge in [0.2, 0.25) is 5.91 Å². The minimum atomic E-state index is -0.613. The summed E-state index contributed by atoms with van der Waals surface area (Å²) in [7, 11) is 0. The Kier molecular flexibility index (Phi) is 7.72. The zero-order valence-electron chi connectivity index (χ0n) is 17.9. The van der Waals surface area contributed by atoms with Crippen LogP contribution >= 0.6 is 11.8 Å². The van der Waals surface area contributed by atoms with Crippen LogP contribution in [-0.4, -0.2) is 37.3 Å². The molecule has 0 radical (unpaired) electrons. The van der Waals surface area contributed by atoms with Gasteiger partial charge in [0.1, 0.15) is 5.82 Å². The van der Waals surface area contributed by atoms with E-state index in [9.17, 15) is 24.1 Å². The van der Waals surface area contributed by atoms with Crippen molar-refractivity contribution in [2.24, 2.45) is 0 Å². The first-order chi connectivity index (χ1) is 15.8. The number of thioether (sulfide) groups is 1. The van der Waals surface area contributed by atoms with Crippen LogP contribution in [0.25, 0.3) is 0 Å². The van der Waals surface area contributed by atoms with Crippen molar-refractivity contribution in [3.8, 4) is 0 Å². The normalized spacial score (nSPS) is 10.6. The summed E-state index contributed by atoms with van der Waals surface area (Å²) in [5.74, 6) is -0.979. The maximum Gasteiger partial charge on any atom is 0.269 e. The molecular formula is C21H21FN6O4S. The maximum atomic E-state index is 13.8. The average Bonchev–Trinajstić information content (AvgIpc) is 3.19. The minimum absolute atomic E-state index is 0.0378. The number of nitro groups is 1. The van der Waals surface area contributed by atoms with Gasteiger partial charge in [-0.2, -0.15) is 0 Å². The Morgan fingerprint density at radius 3 is 2.64 bits per heavy atom. The van der Waals surface area contributed by atoms with E-state index in [0.29, 0.717) is 28.8 Å².